The van der Waals surface area contributed by atoms with E-state index in [4.69, 9.17) is 9.47 Å². The van der Waals surface area contributed by atoms with E-state index in [0.717, 1.165) is 10.5 Å². The van der Waals surface area contributed by atoms with Gasteiger partial charge in [0.1, 0.15) is 0 Å². The summed E-state index contributed by atoms with van der Waals surface area (Å²) in [5.41, 5.74) is 1.12. The van der Waals surface area contributed by atoms with Crippen LogP contribution < -0.4 is 0 Å². The van der Waals surface area contributed by atoms with Crippen LogP contribution in [0.2, 0.25) is 0 Å². The first kappa shape index (κ1) is 14.8. The van der Waals surface area contributed by atoms with E-state index in [1.165, 1.54) is 13.4 Å². The average molecular weight is 294 g/mol. The lowest BCUT2D eigenvalue weighted by molar-refractivity contribution is -0.141. The van der Waals surface area contributed by atoms with Gasteiger partial charge in [0.25, 0.3) is 0 Å². The normalized spacial score (nSPS) is 19.7. The highest BCUT2D eigenvalue weighted by molar-refractivity contribution is 7.89. The summed E-state index contributed by atoms with van der Waals surface area (Å²) in [6, 6.07) is 7.53. The molecule has 0 saturated heterocycles. The smallest absolute Gasteiger partial charge is 0.306 e. The third-order valence-electron chi connectivity index (χ3n) is 3.28. The lowest BCUT2D eigenvalue weighted by Crippen LogP contribution is -2.20. The van der Waals surface area contributed by atoms with E-state index in [1.54, 1.807) is 0 Å². The number of aryl methyl sites for hydroxylation is 1. The number of methoxy groups -OCH3 is 1. The molecule has 0 amide bonds. The third kappa shape index (κ3) is 3.48. The zero-order valence-electron chi connectivity index (χ0n) is 11.6. The number of carbonyl (C=O) groups excluding carboxylic acids is 1. The van der Waals surface area contributed by atoms with Gasteiger partial charge in [0.15, 0.2) is 0 Å². The lowest BCUT2D eigenvalue weighted by Gasteiger charge is -2.23. The van der Waals surface area contributed by atoms with Crippen LogP contribution in [0, 0.1) is 12.8 Å². The summed E-state index contributed by atoms with van der Waals surface area (Å²) in [6.07, 6.45) is 2.45. The van der Waals surface area contributed by atoms with Gasteiger partial charge in [0.05, 0.1) is 42.1 Å². The quantitative estimate of drug-likeness (QED) is 0.801. The van der Waals surface area contributed by atoms with Gasteiger partial charge in [-0.1, -0.05) is 17.7 Å². The molecule has 5 heteroatoms. The van der Waals surface area contributed by atoms with E-state index >= 15 is 0 Å². The van der Waals surface area contributed by atoms with E-state index in [2.05, 4.69) is 0 Å². The summed E-state index contributed by atoms with van der Waals surface area (Å²) >= 11 is 0. The molecule has 2 atom stereocenters. The van der Waals surface area contributed by atoms with Gasteiger partial charge >= 0.3 is 5.97 Å². The molecule has 108 valence electrons. The van der Waals surface area contributed by atoms with Crippen LogP contribution in [0.25, 0.3) is 0 Å². The Labute approximate surface area is 121 Å². The van der Waals surface area contributed by atoms with Crippen molar-refractivity contribution in [3.05, 3.63) is 41.0 Å². The molecule has 0 spiro atoms. The summed E-state index contributed by atoms with van der Waals surface area (Å²) in [5.74, 6) is -0.373. The van der Waals surface area contributed by atoms with Crippen molar-refractivity contribution in [2.45, 2.75) is 24.7 Å². The van der Waals surface area contributed by atoms with Crippen molar-refractivity contribution < 1.29 is 18.5 Å². The maximum Gasteiger partial charge on any atom is 0.306 e. The average Bonchev–Trinajstić information content (AvgIpc) is 2.48. The summed E-state index contributed by atoms with van der Waals surface area (Å²) in [4.78, 5) is 12.8. The number of rotatable bonds is 4. The second kappa shape index (κ2) is 6.70. The Balaban J connectivity index is 2.19. The first-order valence-corrected chi connectivity index (χ1v) is 7.63. The van der Waals surface area contributed by atoms with Crippen molar-refractivity contribution in [3.63, 3.8) is 0 Å². The van der Waals surface area contributed by atoms with E-state index in [0.29, 0.717) is 17.9 Å². The lowest BCUT2D eigenvalue weighted by atomic mass is 10.0. The molecule has 0 aromatic heterocycles. The van der Waals surface area contributed by atoms with Crippen LogP contribution in [-0.2, 0) is 25.1 Å². The fourth-order valence-corrected chi connectivity index (χ4v) is 3.38. The van der Waals surface area contributed by atoms with Crippen LogP contribution in [0.4, 0.5) is 0 Å². The van der Waals surface area contributed by atoms with Crippen LogP contribution in [0.5, 0.6) is 0 Å². The number of allylic oxidation sites excluding steroid dienone is 1. The number of hydrogen-bond acceptors (Lipinski definition) is 4. The minimum atomic E-state index is -1.30. The fraction of sp³-hybridized carbons (Fsp3) is 0.400. The Morgan fingerprint density at radius 1 is 1.40 bits per heavy atom. The Morgan fingerprint density at radius 3 is 2.75 bits per heavy atom. The molecule has 0 unspecified atom stereocenters. The maximum atomic E-state index is 12.6. The van der Waals surface area contributed by atoms with Gasteiger partial charge in [-0.15, -0.1) is 0 Å². The molecular weight excluding hydrogens is 276 g/mol. The van der Waals surface area contributed by atoms with Gasteiger partial charge < -0.3 is 9.47 Å². The number of hydrogen-bond donors (Lipinski definition) is 0. The first-order valence-electron chi connectivity index (χ1n) is 6.48. The Hall–Kier alpha value is -1.62. The van der Waals surface area contributed by atoms with Crippen molar-refractivity contribution in [2.75, 3.05) is 13.7 Å². The number of carbonyl (C=O) groups is 1. The molecule has 0 saturated carbocycles. The predicted octanol–water partition coefficient (Wildman–Crippen LogP) is 2.54. The molecule has 0 N–H and O–H groups in total. The van der Waals surface area contributed by atoms with Crippen LogP contribution >= 0.6 is 0 Å². The van der Waals surface area contributed by atoms with Crippen molar-refractivity contribution in [2.24, 2.45) is 5.92 Å². The van der Waals surface area contributed by atoms with Gasteiger partial charge in [-0.05, 0) is 25.5 Å². The molecule has 0 aliphatic carbocycles. The molecular formula is C15H18O4S. The minimum Gasteiger partial charge on any atom is -0.500 e. The zero-order chi connectivity index (χ0) is 14.5. The van der Waals surface area contributed by atoms with Gasteiger partial charge in [0, 0.05) is 10.8 Å². The molecule has 1 aromatic rings. The summed E-state index contributed by atoms with van der Waals surface area (Å²) in [7, 11) is 0.0648. The van der Waals surface area contributed by atoms with Crippen molar-refractivity contribution in [1.82, 2.24) is 0 Å². The predicted molar refractivity (Wildman–Crippen MR) is 76.4 cm³/mol. The Bertz CT molecular complexity index is 533. The molecule has 1 aromatic carbocycles. The standard InChI is InChI=1S/C15H18O4S/c1-11-3-5-13(6-4-11)20(17)14-10-19-8-7-12(14)9-15(16)18-2/h3-6,10,12H,7-9H2,1-2H3/t12-,20+/m1/s1. The third-order valence-corrected chi connectivity index (χ3v) is 4.83. The van der Waals surface area contributed by atoms with Crippen LogP contribution in [0.3, 0.4) is 0 Å². The SMILES string of the molecule is COC(=O)C[C@H]1CCOC=C1[S@@](=O)c1ccc(C)cc1. The van der Waals surface area contributed by atoms with Gasteiger partial charge in [-0.3, -0.25) is 4.79 Å². The highest BCUT2D eigenvalue weighted by Gasteiger charge is 2.27. The van der Waals surface area contributed by atoms with E-state index < -0.39 is 10.8 Å². The van der Waals surface area contributed by atoms with Gasteiger partial charge in [0.2, 0.25) is 0 Å². The van der Waals surface area contributed by atoms with Crippen LogP contribution in [0.1, 0.15) is 18.4 Å². The second-order valence-electron chi connectivity index (χ2n) is 4.74. The topological polar surface area (TPSA) is 52.6 Å². The number of ether oxygens (including phenoxy) is 2. The van der Waals surface area contributed by atoms with E-state index in [9.17, 15) is 9.00 Å². The molecule has 0 bridgehead atoms. The van der Waals surface area contributed by atoms with Crippen LogP contribution in [-0.4, -0.2) is 23.9 Å². The summed E-state index contributed by atoms with van der Waals surface area (Å²) in [6.45, 7) is 2.52. The van der Waals surface area contributed by atoms with Gasteiger partial charge in [-0.2, -0.15) is 0 Å². The Kier molecular flexibility index (Phi) is 4.95. The monoisotopic (exact) mass is 294 g/mol. The van der Waals surface area contributed by atoms with E-state index in [1.807, 2.05) is 31.2 Å². The Morgan fingerprint density at radius 2 is 2.10 bits per heavy atom. The number of esters is 1. The molecule has 1 aliphatic rings. The maximum absolute atomic E-state index is 12.6. The van der Waals surface area contributed by atoms with Crippen molar-refractivity contribution >= 4 is 16.8 Å². The molecule has 0 fully saturated rings. The highest BCUT2D eigenvalue weighted by Crippen LogP contribution is 2.30. The highest BCUT2D eigenvalue weighted by atomic mass is 32.2. The first-order chi connectivity index (χ1) is 9.61. The molecule has 2 rings (SSSR count). The second-order valence-corrected chi connectivity index (χ2v) is 6.22. The number of benzene rings is 1. The molecule has 4 nitrogen and oxygen atoms in total. The van der Waals surface area contributed by atoms with Crippen LogP contribution in [0.15, 0.2) is 40.3 Å². The van der Waals surface area contributed by atoms with E-state index in [-0.39, 0.29) is 18.3 Å². The molecule has 0 radical (unpaired) electrons. The van der Waals surface area contributed by atoms with Gasteiger partial charge in [-0.25, -0.2) is 4.21 Å². The van der Waals surface area contributed by atoms with Crippen molar-refractivity contribution in [1.29, 1.82) is 0 Å². The minimum absolute atomic E-state index is 0.0849. The molecule has 20 heavy (non-hydrogen) atoms. The summed E-state index contributed by atoms with van der Waals surface area (Å²) < 4.78 is 22.6. The fourth-order valence-electron chi connectivity index (χ4n) is 2.07. The zero-order valence-corrected chi connectivity index (χ0v) is 12.4. The largest absolute Gasteiger partial charge is 0.500 e. The van der Waals surface area contributed by atoms with Crippen molar-refractivity contribution in [3.8, 4) is 0 Å². The molecule has 1 aliphatic heterocycles. The molecule has 1 heterocycles. The summed E-state index contributed by atoms with van der Waals surface area (Å²) in [5, 5.41) is 0.